The number of carboxylic acid groups (broad SMARTS) is 1. The highest BCUT2D eigenvalue weighted by molar-refractivity contribution is 5.88. The van der Waals surface area contributed by atoms with Crippen molar-refractivity contribution in [2.24, 2.45) is 7.05 Å². The van der Waals surface area contributed by atoms with Crippen LogP contribution < -0.4 is 0 Å². The van der Waals surface area contributed by atoms with Gasteiger partial charge in [-0.05, 0) is 26.1 Å². The second-order valence-corrected chi connectivity index (χ2v) is 4.62. The quantitative estimate of drug-likeness (QED) is 0.888. The van der Waals surface area contributed by atoms with Gasteiger partial charge in [0.05, 0.1) is 18.4 Å². The third-order valence-electron chi connectivity index (χ3n) is 2.93. The zero-order valence-corrected chi connectivity index (χ0v) is 11.3. The summed E-state index contributed by atoms with van der Waals surface area (Å²) < 4.78 is 7.09. The van der Waals surface area contributed by atoms with Crippen molar-refractivity contribution in [1.29, 1.82) is 0 Å². The molecule has 0 aliphatic heterocycles. The molecule has 0 atom stereocenters. The van der Waals surface area contributed by atoms with Crippen LogP contribution >= 0.6 is 0 Å². The van der Waals surface area contributed by atoms with Crippen LogP contribution in [0.3, 0.4) is 0 Å². The minimum Gasteiger partial charge on any atom is -0.478 e. The maximum atomic E-state index is 11.1. The van der Waals surface area contributed by atoms with Crippen molar-refractivity contribution in [3.05, 3.63) is 41.1 Å². The van der Waals surface area contributed by atoms with Crippen molar-refractivity contribution in [1.82, 2.24) is 14.7 Å². The lowest BCUT2D eigenvalue weighted by atomic mass is 10.2. The van der Waals surface area contributed by atoms with Crippen LogP contribution in [0, 0.1) is 6.92 Å². The van der Waals surface area contributed by atoms with Gasteiger partial charge in [-0.3, -0.25) is 9.58 Å². The first kappa shape index (κ1) is 13.4. The first-order chi connectivity index (χ1) is 8.97. The maximum absolute atomic E-state index is 11.1. The van der Waals surface area contributed by atoms with Crippen LogP contribution in [-0.2, 0) is 20.1 Å². The molecule has 0 saturated carbocycles. The third-order valence-corrected chi connectivity index (χ3v) is 2.93. The molecule has 1 N–H and O–H groups in total. The number of hydrogen-bond acceptors (Lipinski definition) is 4. The summed E-state index contributed by atoms with van der Waals surface area (Å²) in [6.07, 6.45) is 1.38. The van der Waals surface area contributed by atoms with E-state index in [9.17, 15) is 4.79 Å². The van der Waals surface area contributed by atoms with E-state index in [2.05, 4.69) is 5.10 Å². The highest BCUT2D eigenvalue weighted by Gasteiger charge is 2.16. The van der Waals surface area contributed by atoms with E-state index in [0.717, 1.165) is 11.5 Å². The van der Waals surface area contributed by atoms with Gasteiger partial charge in [-0.2, -0.15) is 5.10 Å². The van der Waals surface area contributed by atoms with Crippen LogP contribution in [0.4, 0.5) is 0 Å². The smallest absolute Gasteiger partial charge is 0.339 e. The van der Waals surface area contributed by atoms with Crippen molar-refractivity contribution >= 4 is 5.97 Å². The summed E-state index contributed by atoms with van der Waals surface area (Å²) in [6, 6.07) is 3.84. The predicted octanol–water partition coefficient (Wildman–Crippen LogP) is 1.65. The van der Waals surface area contributed by atoms with Gasteiger partial charge in [-0.1, -0.05) is 0 Å². The Labute approximate surface area is 111 Å². The first-order valence-corrected chi connectivity index (χ1v) is 5.95. The Bertz CT molecular complexity index is 586. The molecule has 0 fully saturated rings. The number of furan rings is 1. The normalized spacial score (nSPS) is 11.2. The summed E-state index contributed by atoms with van der Waals surface area (Å²) in [4.78, 5) is 13.1. The molecule has 0 radical (unpaired) electrons. The summed E-state index contributed by atoms with van der Waals surface area (Å²) in [6.45, 7) is 3.02. The number of nitrogens with zero attached hydrogens (tertiary/aromatic N) is 3. The fourth-order valence-corrected chi connectivity index (χ4v) is 1.98. The minimum absolute atomic E-state index is 0.241. The SMILES string of the molecule is Cc1ccc(CN(C)Cc2c(C(=O)O)cnn2C)o1. The third kappa shape index (κ3) is 3.03. The van der Waals surface area contributed by atoms with Gasteiger partial charge in [-0.15, -0.1) is 0 Å². The average molecular weight is 263 g/mol. The van der Waals surface area contributed by atoms with Crippen molar-refractivity contribution in [3.8, 4) is 0 Å². The maximum Gasteiger partial charge on any atom is 0.339 e. The van der Waals surface area contributed by atoms with Gasteiger partial charge in [0.15, 0.2) is 0 Å². The Morgan fingerprint density at radius 2 is 2.21 bits per heavy atom. The molecule has 0 spiro atoms. The summed E-state index contributed by atoms with van der Waals surface area (Å²) in [5.74, 6) is 0.777. The van der Waals surface area contributed by atoms with E-state index in [-0.39, 0.29) is 5.56 Å². The van der Waals surface area contributed by atoms with Crippen molar-refractivity contribution < 1.29 is 14.3 Å². The molecule has 6 heteroatoms. The number of rotatable bonds is 5. The molecule has 0 aromatic carbocycles. The average Bonchev–Trinajstić information content (AvgIpc) is 2.87. The zero-order valence-electron chi connectivity index (χ0n) is 11.3. The van der Waals surface area contributed by atoms with Crippen molar-refractivity contribution in [2.45, 2.75) is 20.0 Å². The Balaban J connectivity index is 2.08. The van der Waals surface area contributed by atoms with E-state index in [1.54, 1.807) is 11.7 Å². The first-order valence-electron chi connectivity index (χ1n) is 5.95. The molecular weight excluding hydrogens is 246 g/mol. The monoisotopic (exact) mass is 263 g/mol. The highest BCUT2D eigenvalue weighted by Crippen LogP contribution is 2.13. The van der Waals surface area contributed by atoms with Gasteiger partial charge in [0.25, 0.3) is 0 Å². The molecule has 0 aliphatic carbocycles. The molecule has 0 unspecified atom stereocenters. The minimum atomic E-state index is -0.953. The number of aromatic carboxylic acids is 1. The van der Waals surface area contributed by atoms with Gasteiger partial charge in [0.2, 0.25) is 0 Å². The molecule has 102 valence electrons. The molecule has 0 saturated heterocycles. The van der Waals surface area contributed by atoms with E-state index in [1.165, 1.54) is 6.20 Å². The van der Waals surface area contributed by atoms with Crippen LogP contribution in [0.25, 0.3) is 0 Å². The lowest BCUT2D eigenvalue weighted by Crippen LogP contribution is -2.20. The fourth-order valence-electron chi connectivity index (χ4n) is 1.98. The Morgan fingerprint density at radius 1 is 1.47 bits per heavy atom. The second kappa shape index (κ2) is 5.27. The van der Waals surface area contributed by atoms with Gasteiger partial charge >= 0.3 is 5.97 Å². The van der Waals surface area contributed by atoms with E-state index in [0.29, 0.717) is 18.8 Å². The number of aryl methyl sites for hydroxylation is 2. The standard InChI is InChI=1S/C13H17N3O3/c1-9-4-5-10(19-9)7-15(2)8-12-11(13(17)18)6-14-16(12)3/h4-6H,7-8H2,1-3H3,(H,17,18). The van der Waals surface area contributed by atoms with E-state index >= 15 is 0 Å². The van der Waals surface area contributed by atoms with Crippen molar-refractivity contribution in [2.75, 3.05) is 7.05 Å². The number of hydrogen-bond donors (Lipinski definition) is 1. The van der Waals surface area contributed by atoms with E-state index in [4.69, 9.17) is 9.52 Å². The van der Waals surface area contributed by atoms with E-state index < -0.39 is 5.97 Å². The van der Waals surface area contributed by atoms with Gasteiger partial charge in [0, 0.05) is 13.6 Å². The van der Waals surface area contributed by atoms with E-state index in [1.807, 2.05) is 31.0 Å². The molecule has 6 nitrogen and oxygen atoms in total. The molecule has 0 bridgehead atoms. The second-order valence-electron chi connectivity index (χ2n) is 4.62. The van der Waals surface area contributed by atoms with Crippen LogP contribution in [0.1, 0.15) is 27.6 Å². The van der Waals surface area contributed by atoms with Crippen LogP contribution in [0.2, 0.25) is 0 Å². The fraction of sp³-hybridized carbons (Fsp3) is 0.385. The molecule has 2 aromatic rings. The molecular formula is C13H17N3O3. The van der Waals surface area contributed by atoms with Gasteiger partial charge in [0.1, 0.15) is 17.1 Å². The lowest BCUT2D eigenvalue weighted by molar-refractivity contribution is 0.0694. The molecule has 2 aromatic heterocycles. The molecule has 19 heavy (non-hydrogen) atoms. The predicted molar refractivity (Wildman–Crippen MR) is 68.8 cm³/mol. The Morgan fingerprint density at radius 3 is 2.79 bits per heavy atom. The number of carboxylic acids is 1. The molecule has 0 aliphatic rings. The van der Waals surface area contributed by atoms with Crippen molar-refractivity contribution in [3.63, 3.8) is 0 Å². The molecule has 2 heterocycles. The Hall–Kier alpha value is -2.08. The summed E-state index contributed by atoms with van der Waals surface area (Å²) in [5.41, 5.74) is 0.920. The highest BCUT2D eigenvalue weighted by atomic mass is 16.4. The summed E-state index contributed by atoms with van der Waals surface area (Å²) in [7, 11) is 3.66. The van der Waals surface area contributed by atoms with Crippen LogP contribution in [0.5, 0.6) is 0 Å². The van der Waals surface area contributed by atoms with Gasteiger partial charge in [-0.25, -0.2) is 4.79 Å². The Kier molecular flexibility index (Phi) is 3.71. The summed E-state index contributed by atoms with van der Waals surface area (Å²) in [5, 5.41) is 13.1. The molecule has 2 rings (SSSR count). The van der Waals surface area contributed by atoms with Crippen LogP contribution in [-0.4, -0.2) is 32.8 Å². The zero-order chi connectivity index (χ0) is 14.0. The largest absolute Gasteiger partial charge is 0.478 e. The van der Waals surface area contributed by atoms with Gasteiger partial charge < -0.3 is 9.52 Å². The topological polar surface area (TPSA) is 71.5 Å². The number of carbonyl (C=O) groups is 1. The number of aromatic nitrogens is 2. The molecule has 0 amide bonds. The van der Waals surface area contributed by atoms with Crippen LogP contribution in [0.15, 0.2) is 22.7 Å². The summed E-state index contributed by atoms with van der Waals surface area (Å²) >= 11 is 0. The lowest BCUT2D eigenvalue weighted by Gasteiger charge is -2.15.